The highest BCUT2D eigenvalue weighted by Crippen LogP contribution is 2.01. The van der Waals surface area contributed by atoms with Crippen LogP contribution in [0.3, 0.4) is 0 Å². The molecule has 1 rings (SSSR count). The molecule has 0 aliphatic heterocycles. The normalized spacial score (nSPS) is 11.1. The molecule has 3 nitrogen and oxygen atoms in total. The van der Waals surface area contributed by atoms with Crippen molar-refractivity contribution in [3.63, 3.8) is 0 Å². The van der Waals surface area contributed by atoms with Crippen LogP contribution in [0.1, 0.15) is 23.7 Å². The summed E-state index contributed by atoms with van der Waals surface area (Å²) in [4.78, 5) is 15.3. The molecule has 0 heterocycles. The third-order valence-corrected chi connectivity index (χ3v) is 1.79. The number of carbonyl (C=O) groups is 1. The average Bonchev–Trinajstić information content (AvgIpc) is 2.26. The number of amides is 1. The first-order valence-electron chi connectivity index (χ1n) is 4.49. The maximum atomic E-state index is 11.5. The van der Waals surface area contributed by atoms with Gasteiger partial charge in [-0.1, -0.05) is 25.1 Å². The van der Waals surface area contributed by atoms with Gasteiger partial charge in [0.1, 0.15) is 0 Å². The third-order valence-electron chi connectivity index (χ3n) is 1.79. The van der Waals surface area contributed by atoms with Crippen molar-refractivity contribution >= 4 is 11.8 Å². The van der Waals surface area contributed by atoms with Gasteiger partial charge in [0, 0.05) is 12.0 Å². The second-order valence-electron chi connectivity index (χ2n) is 2.73. The van der Waals surface area contributed by atoms with Gasteiger partial charge in [-0.25, -0.2) is 0 Å². The Labute approximate surface area is 83.4 Å². The van der Waals surface area contributed by atoms with Gasteiger partial charge in [0.2, 0.25) is 0 Å². The van der Waals surface area contributed by atoms with E-state index in [0.717, 1.165) is 0 Å². The van der Waals surface area contributed by atoms with Crippen LogP contribution in [-0.2, 0) is 4.74 Å². The van der Waals surface area contributed by atoms with E-state index in [9.17, 15) is 4.79 Å². The molecule has 1 aromatic carbocycles. The van der Waals surface area contributed by atoms with Crippen LogP contribution in [0.5, 0.6) is 0 Å². The van der Waals surface area contributed by atoms with E-state index in [-0.39, 0.29) is 5.91 Å². The molecule has 0 aliphatic carbocycles. The number of carbonyl (C=O) groups excluding carboxylic acids is 1. The highest BCUT2D eigenvalue weighted by molar-refractivity contribution is 6.01. The zero-order chi connectivity index (χ0) is 10.4. The predicted molar refractivity (Wildman–Crippen MR) is 55.5 cm³/mol. The van der Waals surface area contributed by atoms with Crippen molar-refractivity contribution in [3.8, 4) is 0 Å². The van der Waals surface area contributed by atoms with E-state index in [1.807, 2.05) is 13.0 Å². The lowest BCUT2D eigenvalue weighted by Gasteiger charge is -2.00. The summed E-state index contributed by atoms with van der Waals surface area (Å²) >= 11 is 0. The maximum absolute atomic E-state index is 11.5. The molecule has 0 atom stereocenters. The molecule has 0 unspecified atom stereocenters. The molecule has 0 spiro atoms. The van der Waals surface area contributed by atoms with Gasteiger partial charge in [-0.3, -0.25) is 4.79 Å². The summed E-state index contributed by atoms with van der Waals surface area (Å²) in [6, 6.07) is 8.93. The van der Waals surface area contributed by atoms with Gasteiger partial charge in [-0.2, -0.15) is 4.99 Å². The molecule has 3 heteroatoms. The van der Waals surface area contributed by atoms with Gasteiger partial charge in [-0.15, -0.1) is 0 Å². The van der Waals surface area contributed by atoms with Crippen LogP contribution in [0.2, 0.25) is 0 Å². The van der Waals surface area contributed by atoms with Gasteiger partial charge in [0.15, 0.2) is 5.90 Å². The van der Waals surface area contributed by atoms with E-state index in [0.29, 0.717) is 17.9 Å². The Kier molecular flexibility index (Phi) is 3.85. The topological polar surface area (TPSA) is 38.7 Å². The van der Waals surface area contributed by atoms with Gasteiger partial charge in [-0.05, 0) is 12.1 Å². The van der Waals surface area contributed by atoms with E-state index in [1.54, 1.807) is 24.3 Å². The molecule has 0 saturated heterocycles. The zero-order valence-corrected chi connectivity index (χ0v) is 8.36. The summed E-state index contributed by atoms with van der Waals surface area (Å²) < 4.78 is 4.92. The summed E-state index contributed by atoms with van der Waals surface area (Å²) in [5, 5.41) is 0. The van der Waals surface area contributed by atoms with Crippen LogP contribution < -0.4 is 0 Å². The Morgan fingerprint density at radius 2 is 2.00 bits per heavy atom. The van der Waals surface area contributed by atoms with Crippen molar-refractivity contribution in [2.75, 3.05) is 7.11 Å². The van der Waals surface area contributed by atoms with Crippen LogP contribution in [0.25, 0.3) is 0 Å². The molecule has 0 aromatic heterocycles. The van der Waals surface area contributed by atoms with Crippen molar-refractivity contribution in [1.82, 2.24) is 0 Å². The molecule has 0 N–H and O–H groups in total. The second kappa shape index (κ2) is 5.17. The minimum atomic E-state index is -0.260. The predicted octanol–water partition coefficient (Wildman–Crippen LogP) is 2.28. The highest BCUT2D eigenvalue weighted by Gasteiger charge is 2.04. The molecular formula is C11H13NO2. The van der Waals surface area contributed by atoms with Gasteiger partial charge in [0.25, 0.3) is 5.91 Å². The lowest BCUT2D eigenvalue weighted by Crippen LogP contribution is -2.04. The fraction of sp³-hybridized carbons (Fsp3) is 0.273. The van der Waals surface area contributed by atoms with Crippen molar-refractivity contribution in [2.24, 2.45) is 4.99 Å². The SMILES string of the molecule is CCC(=NC(=O)c1ccccc1)OC. The lowest BCUT2D eigenvalue weighted by molar-refractivity contribution is 0.0999. The highest BCUT2D eigenvalue weighted by atomic mass is 16.5. The lowest BCUT2D eigenvalue weighted by atomic mass is 10.2. The molecule has 14 heavy (non-hydrogen) atoms. The Hall–Kier alpha value is -1.64. The zero-order valence-electron chi connectivity index (χ0n) is 8.36. The fourth-order valence-corrected chi connectivity index (χ4v) is 1.03. The monoisotopic (exact) mass is 191 g/mol. The van der Waals surface area contributed by atoms with E-state index in [4.69, 9.17) is 4.74 Å². The van der Waals surface area contributed by atoms with Crippen molar-refractivity contribution in [2.45, 2.75) is 13.3 Å². The number of nitrogens with zero attached hydrogens (tertiary/aromatic N) is 1. The van der Waals surface area contributed by atoms with Gasteiger partial charge in [0.05, 0.1) is 7.11 Å². The fourth-order valence-electron chi connectivity index (χ4n) is 1.03. The number of hydrogen-bond acceptors (Lipinski definition) is 2. The van der Waals surface area contributed by atoms with Crippen molar-refractivity contribution in [1.29, 1.82) is 0 Å². The van der Waals surface area contributed by atoms with Crippen LogP contribution in [0.15, 0.2) is 35.3 Å². The molecular weight excluding hydrogens is 178 g/mol. The molecule has 1 amide bonds. The number of methoxy groups -OCH3 is 1. The Morgan fingerprint density at radius 3 is 2.50 bits per heavy atom. The molecule has 0 aliphatic rings. The van der Waals surface area contributed by atoms with E-state index in [1.165, 1.54) is 7.11 Å². The average molecular weight is 191 g/mol. The maximum Gasteiger partial charge on any atom is 0.279 e. The molecule has 1 aromatic rings. The largest absolute Gasteiger partial charge is 0.484 e. The minimum absolute atomic E-state index is 0.260. The van der Waals surface area contributed by atoms with E-state index >= 15 is 0 Å². The first-order valence-corrected chi connectivity index (χ1v) is 4.49. The Bertz CT molecular complexity index is 324. The van der Waals surface area contributed by atoms with Crippen molar-refractivity contribution in [3.05, 3.63) is 35.9 Å². The molecule has 74 valence electrons. The molecule has 0 bridgehead atoms. The quantitative estimate of drug-likeness (QED) is 0.531. The van der Waals surface area contributed by atoms with Gasteiger partial charge < -0.3 is 4.74 Å². The summed E-state index contributed by atoms with van der Waals surface area (Å²) in [5.41, 5.74) is 0.579. The first kappa shape index (κ1) is 10.4. The molecule has 0 fully saturated rings. The number of ether oxygens (including phenoxy) is 1. The van der Waals surface area contributed by atoms with Crippen LogP contribution >= 0.6 is 0 Å². The van der Waals surface area contributed by atoms with Crippen molar-refractivity contribution < 1.29 is 9.53 Å². The number of hydrogen-bond donors (Lipinski definition) is 0. The summed E-state index contributed by atoms with van der Waals surface area (Å²) in [5.74, 6) is 0.197. The molecule has 0 radical (unpaired) electrons. The van der Waals surface area contributed by atoms with Crippen LogP contribution in [0.4, 0.5) is 0 Å². The summed E-state index contributed by atoms with van der Waals surface area (Å²) in [6.45, 7) is 1.89. The summed E-state index contributed by atoms with van der Waals surface area (Å²) in [6.07, 6.45) is 0.620. The second-order valence-corrected chi connectivity index (χ2v) is 2.73. The van der Waals surface area contributed by atoms with E-state index < -0.39 is 0 Å². The smallest absolute Gasteiger partial charge is 0.279 e. The first-order chi connectivity index (χ1) is 6.77. The summed E-state index contributed by atoms with van der Waals surface area (Å²) in [7, 11) is 1.51. The standard InChI is InChI=1S/C11H13NO2/c1-3-10(14-2)12-11(13)9-7-5-4-6-8-9/h4-8H,3H2,1-2H3. The van der Waals surface area contributed by atoms with Crippen LogP contribution in [-0.4, -0.2) is 18.9 Å². The number of benzene rings is 1. The Balaban J connectivity index is 2.82. The van der Waals surface area contributed by atoms with Gasteiger partial charge >= 0.3 is 0 Å². The van der Waals surface area contributed by atoms with E-state index in [2.05, 4.69) is 4.99 Å². The third kappa shape index (κ3) is 2.69. The van der Waals surface area contributed by atoms with Crippen LogP contribution in [0, 0.1) is 0 Å². The molecule has 0 saturated carbocycles. The number of rotatable bonds is 2. The minimum Gasteiger partial charge on any atom is -0.484 e. The number of aliphatic imine (C=N–C) groups is 1. The Morgan fingerprint density at radius 1 is 1.36 bits per heavy atom.